The number of carbonyl (C=O) groups is 1. The average molecular weight is 362 g/mol. The van der Waals surface area contributed by atoms with Crippen LogP contribution in [-0.2, 0) is 16.1 Å². The average Bonchev–Trinajstić information content (AvgIpc) is 3.13. The molecule has 2 saturated carbocycles. The topological polar surface area (TPSA) is 41.6 Å². The van der Waals surface area contributed by atoms with Crippen LogP contribution in [0.1, 0.15) is 51.5 Å². The van der Waals surface area contributed by atoms with Crippen molar-refractivity contribution in [2.24, 2.45) is 5.41 Å². The summed E-state index contributed by atoms with van der Waals surface area (Å²) in [4.78, 5) is 14.4. The van der Waals surface area contributed by atoms with E-state index < -0.39 is 0 Å². The van der Waals surface area contributed by atoms with Crippen LogP contribution < -0.4 is 5.32 Å². The van der Waals surface area contributed by atoms with Gasteiger partial charge in [0.15, 0.2) is 0 Å². The third-order valence-corrected chi connectivity index (χ3v) is 6.19. The standard InChI is InChI=1S/C21H31FN2O2/c1-4-26-19-13-18(21(19)10-5-6-11-21)23-15(2)20(25)24(3)14-16-8-7-9-17(22)12-16/h7-9,12,15,18-19,23H,4-6,10-11,13-14H2,1-3H3/t15-,18-,19+/m0/s1. The van der Waals surface area contributed by atoms with E-state index in [-0.39, 0.29) is 23.2 Å². The molecule has 26 heavy (non-hydrogen) atoms. The predicted octanol–water partition coefficient (Wildman–Crippen LogP) is 3.50. The van der Waals surface area contributed by atoms with Gasteiger partial charge in [-0.3, -0.25) is 4.79 Å². The Hall–Kier alpha value is -1.46. The van der Waals surface area contributed by atoms with Crippen LogP contribution in [0.2, 0.25) is 0 Å². The van der Waals surface area contributed by atoms with Gasteiger partial charge in [-0.2, -0.15) is 0 Å². The molecule has 1 spiro atoms. The first kappa shape index (κ1) is 19.3. The molecule has 1 aromatic rings. The molecule has 1 amide bonds. The van der Waals surface area contributed by atoms with Gasteiger partial charge in [0.05, 0.1) is 12.1 Å². The highest BCUT2D eigenvalue weighted by molar-refractivity contribution is 5.81. The summed E-state index contributed by atoms with van der Waals surface area (Å²) in [6.07, 6.45) is 6.21. The Morgan fingerprint density at radius 3 is 2.81 bits per heavy atom. The van der Waals surface area contributed by atoms with Crippen molar-refractivity contribution in [2.75, 3.05) is 13.7 Å². The van der Waals surface area contributed by atoms with E-state index in [9.17, 15) is 9.18 Å². The zero-order valence-electron chi connectivity index (χ0n) is 16.1. The number of carbonyl (C=O) groups excluding carboxylic acids is 1. The molecule has 2 aliphatic carbocycles. The van der Waals surface area contributed by atoms with Crippen molar-refractivity contribution in [1.29, 1.82) is 0 Å². The number of hydrogen-bond donors (Lipinski definition) is 1. The number of likely N-dealkylation sites (N-methyl/N-ethyl adjacent to an activating group) is 1. The van der Waals surface area contributed by atoms with Gasteiger partial charge in [0.1, 0.15) is 5.82 Å². The molecule has 0 bridgehead atoms. The van der Waals surface area contributed by atoms with E-state index in [0.29, 0.717) is 18.7 Å². The smallest absolute Gasteiger partial charge is 0.239 e. The molecule has 0 heterocycles. The van der Waals surface area contributed by atoms with E-state index in [4.69, 9.17) is 4.74 Å². The minimum atomic E-state index is -0.269. The summed E-state index contributed by atoms with van der Waals surface area (Å²) >= 11 is 0. The summed E-state index contributed by atoms with van der Waals surface area (Å²) in [7, 11) is 1.78. The Balaban J connectivity index is 1.57. The predicted molar refractivity (Wildman–Crippen MR) is 100 cm³/mol. The molecule has 2 aliphatic rings. The lowest BCUT2D eigenvalue weighted by atomic mass is 9.60. The molecule has 3 atom stereocenters. The van der Waals surface area contributed by atoms with E-state index in [0.717, 1.165) is 18.6 Å². The van der Waals surface area contributed by atoms with Crippen molar-refractivity contribution in [2.45, 2.75) is 70.7 Å². The van der Waals surface area contributed by atoms with Gasteiger partial charge in [-0.25, -0.2) is 4.39 Å². The summed E-state index contributed by atoms with van der Waals surface area (Å²) in [5.74, 6) is -0.226. The lowest BCUT2D eigenvalue weighted by Gasteiger charge is -2.55. The Labute approximate surface area is 156 Å². The zero-order chi connectivity index (χ0) is 18.7. The largest absolute Gasteiger partial charge is 0.378 e. The first-order valence-electron chi connectivity index (χ1n) is 9.83. The maximum absolute atomic E-state index is 13.3. The van der Waals surface area contributed by atoms with Crippen molar-refractivity contribution in [1.82, 2.24) is 10.2 Å². The van der Waals surface area contributed by atoms with Crippen LogP contribution in [0, 0.1) is 11.2 Å². The molecule has 1 aromatic carbocycles. The summed E-state index contributed by atoms with van der Waals surface area (Å²) < 4.78 is 19.3. The van der Waals surface area contributed by atoms with Gasteiger partial charge in [0.2, 0.25) is 5.91 Å². The monoisotopic (exact) mass is 362 g/mol. The van der Waals surface area contributed by atoms with Crippen molar-refractivity contribution < 1.29 is 13.9 Å². The van der Waals surface area contributed by atoms with Crippen LogP contribution in [0.4, 0.5) is 4.39 Å². The Kier molecular flexibility index (Phi) is 5.98. The molecule has 0 aliphatic heterocycles. The second-order valence-corrected chi connectivity index (χ2v) is 7.89. The van der Waals surface area contributed by atoms with Gasteiger partial charge >= 0.3 is 0 Å². The van der Waals surface area contributed by atoms with Crippen LogP contribution >= 0.6 is 0 Å². The van der Waals surface area contributed by atoms with Crippen molar-refractivity contribution in [3.05, 3.63) is 35.6 Å². The number of rotatable bonds is 7. The molecule has 2 fully saturated rings. The van der Waals surface area contributed by atoms with Gasteiger partial charge in [-0.15, -0.1) is 0 Å². The van der Waals surface area contributed by atoms with Crippen LogP contribution in [0.25, 0.3) is 0 Å². The van der Waals surface area contributed by atoms with Crippen LogP contribution in [0.5, 0.6) is 0 Å². The van der Waals surface area contributed by atoms with Crippen molar-refractivity contribution in [3.8, 4) is 0 Å². The highest BCUT2D eigenvalue weighted by atomic mass is 19.1. The molecule has 0 aromatic heterocycles. The van der Waals surface area contributed by atoms with E-state index in [1.165, 1.54) is 37.8 Å². The lowest BCUT2D eigenvalue weighted by Crippen LogP contribution is -2.65. The maximum Gasteiger partial charge on any atom is 0.239 e. The normalized spacial score (nSPS) is 25.1. The van der Waals surface area contributed by atoms with Crippen molar-refractivity contribution >= 4 is 5.91 Å². The molecular formula is C21H31FN2O2. The lowest BCUT2D eigenvalue weighted by molar-refractivity contribution is -0.143. The second-order valence-electron chi connectivity index (χ2n) is 7.89. The second kappa shape index (κ2) is 8.05. The van der Waals surface area contributed by atoms with Crippen LogP contribution in [-0.4, -0.2) is 42.6 Å². The summed E-state index contributed by atoms with van der Waals surface area (Å²) in [6.45, 7) is 5.15. The fourth-order valence-corrected chi connectivity index (χ4v) is 4.81. The van der Waals surface area contributed by atoms with E-state index in [1.54, 1.807) is 18.0 Å². The fourth-order valence-electron chi connectivity index (χ4n) is 4.81. The highest BCUT2D eigenvalue weighted by Crippen LogP contribution is 2.54. The SMILES string of the molecule is CCO[C@@H]1C[C@H](N[C@@H](C)C(=O)N(C)Cc2cccc(F)c2)C12CCCC2. The Morgan fingerprint density at radius 2 is 2.15 bits per heavy atom. The number of halogens is 1. The first-order chi connectivity index (χ1) is 12.5. The minimum Gasteiger partial charge on any atom is -0.378 e. The molecule has 0 saturated heterocycles. The van der Waals surface area contributed by atoms with Gasteiger partial charge < -0.3 is 15.0 Å². The van der Waals surface area contributed by atoms with E-state index in [1.807, 2.05) is 13.0 Å². The van der Waals surface area contributed by atoms with Gasteiger partial charge in [0.25, 0.3) is 0 Å². The number of nitrogens with zero attached hydrogens (tertiary/aromatic N) is 1. The van der Waals surface area contributed by atoms with E-state index in [2.05, 4.69) is 12.2 Å². The number of nitrogens with one attached hydrogen (secondary N) is 1. The third kappa shape index (κ3) is 3.79. The van der Waals surface area contributed by atoms with Crippen LogP contribution in [0.15, 0.2) is 24.3 Å². The first-order valence-corrected chi connectivity index (χ1v) is 9.83. The molecule has 0 radical (unpaired) electrons. The molecule has 144 valence electrons. The Bertz CT molecular complexity index is 630. The zero-order valence-corrected chi connectivity index (χ0v) is 16.1. The van der Waals surface area contributed by atoms with Crippen molar-refractivity contribution in [3.63, 3.8) is 0 Å². The van der Waals surface area contributed by atoms with Gasteiger partial charge in [0, 0.05) is 31.7 Å². The van der Waals surface area contributed by atoms with E-state index >= 15 is 0 Å². The van der Waals surface area contributed by atoms with Gasteiger partial charge in [-0.05, 0) is 50.8 Å². The van der Waals surface area contributed by atoms with Crippen LogP contribution in [0.3, 0.4) is 0 Å². The Morgan fingerprint density at radius 1 is 1.42 bits per heavy atom. The fraction of sp³-hybridized carbons (Fsp3) is 0.667. The minimum absolute atomic E-state index is 0.0438. The number of ether oxygens (including phenoxy) is 1. The molecule has 5 heteroatoms. The maximum atomic E-state index is 13.3. The molecule has 0 unspecified atom stereocenters. The summed E-state index contributed by atoms with van der Waals surface area (Å²) in [5.41, 5.74) is 1.02. The summed E-state index contributed by atoms with van der Waals surface area (Å²) in [5, 5.41) is 3.57. The molecule has 4 nitrogen and oxygen atoms in total. The molecule has 1 N–H and O–H groups in total. The molecular weight excluding hydrogens is 331 g/mol. The third-order valence-electron chi connectivity index (χ3n) is 6.19. The number of hydrogen-bond acceptors (Lipinski definition) is 3. The summed E-state index contributed by atoms with van der Waals surface area (Å²) in [6, 6.07) is 6.52. The highest BCUT2D eigenvalue weighted by Gasteiger charge is 2.56. The quantitative estimate of drug-likeness (QED) is 0.807. The number of amides is 1. The van der Waals surface area contributed by atoms with Gasteiger partial charge in [-0.1, -0.05) is 25.0 Å². The molecule has 3 rings (SSSR count). The number of benzene rings is 1.